The number of nitrogens with zero attached hydrogens (tertiary/aromatic N) is 4. The first-order valence-corrected chi connectivity index (χ1v) is 10.3. The second-order valence-electron chi connectivity index (χ2n) is 6.98. The number of piperazine rings is 1. The quantitative estimate of drug-likeness (QED) is 0.466. The summed E-state index contributed by atoms with van der Waals surface area (Å²) < 4.78 is 15.8. The number of aromatic nitrogens is 1. The van der Waals surface area contributed by atoms with Crippen LogP contribution < -0.4 is 14.8 Å². The number of benzene rings is 1. The van der Waals surface area contributed by atoms with E-state index in [1.807, 2.05) is 24.3 Å². The van der Waals surface area contributed by atoms with Crippen molar-refractivity contribution in [2.75, 3.05) is 53.0 Å². The van der Waals surface area contributed by atoms with Gasteiger partial charge in [-0.3, -0.25) is 4.90 Å². The standard InChI is InChI=1S/C21H31N5O4/c1-3-22-21(26-9-7-25(8-10-26)16-18-6-12-30-24-18)23-15-17-4-5-19(29-13-11-27)20(14-17)28-2/h4-6,12,14,27H,3,7-11,13,15-16H2,1-2H3,(H,22,23). The topological polar surface area (TPSA) is 95.6 Å². The summed E-state index contributed by atoms with van der Waals surface area (Å²) in [5, 5.41) is 16.3. The van der Waals surface area contributed by atoms with Gasteiger partial charge >= 0.3 is 0 Å². The summed E-state index contributed by atoms with van der Waals surface area (Å²) >= 11 is 0. The summed E-state index contributed by atoms with van der Waals surface area (Å²) in [6.07, 6.45) is 1.61. The Hall–Kier alpha value is -2.78. The second kappa shape index (κ2) is 11.4. The molecule has 1 aromatic heterocycles. The van der Waals surface area contributed by atoms with Gasteiger partial charge in [-0.05, 0) is 24.6 Å². The van der Waals surface area contributed by atoms with Crippen molar-refractivity contribution in [3.05, 3.63) is 41.8 Å². The average Bonchev–Trinajstić information content (AvgIpc) is 3.29. The van der Waals surface area contributed by atoms with Crippen LogP contribution in [0, 0.1) is 0 Å². The van der Waals surface area contributed by atoms with E-state index in [2.05, 4.69) is 27.2 Å². The van der Waals surface area contributed by atoms with E-state index < -0.39 is 0 Å². The van der Waals surface area contributed by atoms with Crippen molar-refractivity contribution >= 4 is 5.96 Å². The van der Waals surface area contributed by atoms with Crippen LogP contribution in [-0.4, -0.2) is 79.1 Å². The number of hydrogen-bond acceptors (Lipinski definition) is 7. The van der Waals surface area contributed by atoms with E-state index >= 15 is 0 Å². The number of guanidine groups is 1. The van der Waals surface area contributed by atoms with E-state index in [0.717, 1.165) is 56.5 Å². The average molecular weight is 418 g/mol. The van der Waals surface area contributed by atoms with E-state index in [9.17, 15) is 0 Å². The van der Waals surface area contributed by atoms with Crippen molar-refractivity contribution in [2.24, 2.45) is 4.99 Å². The third-order valence-electron chi connectivity index (χ3n) is 4.87. The van der Waals surface area contributed by atoms with Crippen LogP contribution in [0.25, 0.3) is 0 Å². The summed E-state index contributed by atoms with van der Waals surface area (Å²) in [5.74, 6) is 2.18. The van der Waals surface area contributed by atoms with Crippen molar-refractivity contribution in [2.45, 2.75) is 20.0 Å². The summed E-state index contributed by atoms with van der Waals surface area (Å²) in [7, 11) is 1.61. The molecule has 0 spiro atoms. The summed E-state index contributed by atoms with van der Waals surface area (Å²) in [6.45, 7) is 8.14. The predicted molar refractivity (Wildman–Crippen MR) is 114 cm³/mol. The molecule has 9 nitrogen and oxygen atoms in total. The van der Waals surface area contributed by atoms with Gasteiger partial charge in [-0.2, -0.15) is 0 Å². The van der Waals surface area contributed by atoms with Gasteiger partial charge in [0.1, 0.15) is 12.9 Å². The number of aliphatic hydroxyl groups excluding tert-OH is 1. The maximum atomic E-state index is 8.94. The number of aliphatic imine (C=N–C) groups is 1. The summed E-state index contributed by atoms with van der Waals surface area (Å²) in [4.78, 5) is 9.48. The van der Waals surface area contributed by atoms with Crippen LogP contribution in [0.4, 0.5) is 0 Å². The molecular weight excluding hydrogens is 386 g/mol. The van der Waals surface area contributed by atoms with Crippen LogP contribution in [-0.2, 0) is 13.1 Å². The molecule has 1 aliphatic heterocycles. The number of hydrogen-bond donors (Lipinski definition) is 2. The van der Waals surface area contributed by atoms with Crippen molar-refractivity contribution < 1.29 is 19.1 Å². The highest BCUT2D eigenvalue weighted by atomic mass is 16.5. The van der Waals surface area contributed by atoms with E-state index in [1.54, 1.807) is 13.4 Å². The molecule has 1 saturated heterocycles. The zero-order valence-electron chi connectivity index (χ0n) is 17.7. The molecule has 3 rings (SSSR count). The highest BCUT2D eigenvalue weighted by Crippen LogP contribution is 2.28. The Balaban J connectivity index is 1.59. The minimum Gasteiger partial charge on any atom is -0.493 e. The molecule has 1 aliphatic rings. The molecule has 0 atom stereocenters. The molecule has 164 valence electrons. The normalized spacial score (nSPS) is 15.3. The summed E-state index contributed by atoms with van der Waals surface area (Å²) in [6, 6.07) is 7.66. The molecule has 0 saturated carbocycles. The number of rotatable bonds is 9. The van der Waals surface area contributed by atoms with Gasteiger partial charge in [-0.1, -0.05) is 11.2 Å². The lowest BCUT2D eigenvalue weighted by molar-refractivity contribution is 0.169. The Morgan fingerprint density at radius 2 is 2.07 bits per heavy atom. The highest BCUT2D eigenvalue weighted by molar-refractivity contribution is 5.80. The molecule has 9 heteroatoms. The zero-order valence-corrected chi connectivity index (χ0v) is 17.7. The third kappa shape index (κ3) is 6.11. The monoisotopic (exact) mass is 417 g/mol. The molecule has 0 aliphatic carbocycles. The van der Waals surface area contributed by atoms with E-state index in [4.69, 9.17) is 24.1 Å². The van der Waals surface area contributed by atoms with Crippen LogP contribution in [0.5, 0.6) is 11.5 Å². The SMILES string of the molecule is CCNC(=NCc1ccc(OCCO)c(OC)c1)N1CCN(Cc2ccon2)CC1. The fraction of sp³-hybridized carbons (Fsp3) is 0.524. The molecule has 2 N–H and O–H groups in total. The van der Waals surface area contributed by atoms with Crippen molar-refractivity contribution in [1.29, 1.82) is 0 Å². The van der Waals surface area contributed by atoms with Gasteiger partial charge in [0, 0.05) is 45.3 Å². The van der Waals surface area contributed by atoms with Gasteiger partial charge in [0.25, 0.3) is 0 Å². The summed E-state index contributed by atoms with van der Waals surface area (Å²) in [5.41, 5.74) is 1.99. The molecule has 30 heavy (non-hydrogen) atoms. The lowest BCUT2D eigenvalue weighted by atomic mass is 10.2. The zero-order chi connectivity index (χ0) is 21.2. The minimum atomic E-state index is -0.0346. The van der Waals surface area contributed by atoms with Gasteiger partial charge < -0.3 is 29.3 Å². The van der Waals surface area contributed by atoms with Crippen molar-refractivity contribution in [3.63, 3.8) is 0 Å². The Kier molecular flexibility index (Phi) is 8.34. The third-order valence-corrected chi connectivity index (χ3v) is 4.87. The first-order chi connectivity index (χ1) is 14.7. The smallest absolute Gasteiger partial charge is 0.194 e. The highest BCUT2D eigenvalue weighted by Gasteiger charge is 2.20. The molecular formula is C21H31N5O4. The van der Waals surface area contributed by atoms with E-state index in [-0.39, 0.29) is 13.2 Å². The Labute approximate surface area is 177 Å². The number of aliphatic hydroxyl groups is 1. The first kappa shape index (κ1) is 21.9. The van der Waals surface area contributed by atoms with Gasteiger partial charge in [0.2, 0.25) is 0 Å². The molecule has 0 bridgehead atoms. The van der Waals surface area contributed by atoms with Crippen LogP contribution in [0.2, 0.25) is 0 Å². The van der Waals surface area contributed by atoms with Crippen molar-refractivity contribution in [3.8, 4) is 11.5 Å². The van der Waals surface area contributed by atoms with Crippen LogP contribution in [0.15, 0.2) is 40.0 Å². The minimum absolute atomic E-state index is 0.0346. The number of nitrogens with one attached hydrogen (secondary N) is 1. The molecule has 0 amide bonds. The second-order valence-corrected chi connectivity index (χ2v) is 6.98. The fourth-order valence-corrected chi connectivity index (χ4v) is 3.34. The molecule has 2 heterocycles. The van der Waals surface area contributed by atoms with E-state index in [1.165, 1.54) is 0 Å². The Morgan fingerprint density at radius 3 is 2.73 bits per heavy atom. The maximum Gasteiger partial charge on any atom is 0.194 e. The molecule has 0 radical (unpaired) electrons. The van der Waals surface area contributed by atoms with Gasteiger partial charge in [-0.15, -0.1) is 0 Å². The fourth-order valence-electron chi connectivity index (χ4n) is 3.34. The largest absolute Gasteiger partial charge is 0.493 e. The number of methoxy groups -OCH3 is 1. The maximum absolute atomic E-state index is 8.94. The van der Waals surface area contributed by atoms with Crippen molar-refractivity contribution in [1.82, 2.24) is 20.3 Å². The van der Waals surface area contributed by atoms with Gasteiger partial charge in [0.05, 0.1) is 26.0 Å². The van der Waals surface area contributed by atoms with Crippen LogP contribution in [0.3, 0.4) is 0 Å². The van der Waals surface area contributed by atoms with E-state index in [0.29, 0.717) is 18.0 Å². The predicted octanol–water partition coefficient (Wildman–Crippen LogP) is 1.34. The molecule has 1 fully saturated rings. The Morgan fingerprint density at radius 1 is 1.23 bits per heavy atom. The van der Waals surface area contributed by atoms with Gasteiger partial charge in [0.15, 0.2) is 17.5 Å². The van der Waals surface area contributed by atoms with Gasteiger partial charge in [-0.25, -0.2) is 4.99 Å². The lowest BCUT2D eigenvalue weighted by Crippen LogP contribution is -2.52. The van der Waals surface area contributed by atoms with Crippen LogP contribution >= 0.6 is 0 Å². The first-order valence-electron chi connectivity index (χ1n) is 10.3. The van der Waals surface area contributed by atoms with Crippen LogP contribution in [0.1, 0.15) is 18.2 Å². The number of ether oxygens (including phenoxy) is 2. The molecule has 2 aromatic rings. The molecule has 1 aromatic carbocycles. The molecule has 0 unspecified atom stereocenters. The lowest BCUT2D eigenvalue weighted by Gasteiger charge is -2.36. The Bertz CT molecular complexity index is 789.